The van der Waals surface area contributed by atoms with Crippen LogP contribution in [0.1, 0.15) is 44.6 Å². The maximum absolute atomic E-state index is 9.64. The van der Waals surface area contributed by atoms with Gasteiger partial charge in [-0.05, 0) is 31.4 Å². The van der Waals surface area contributed by atoms with Crippen LogP contribution in [0.15, 0.2) is 18.5 Å². The van der Waals surface area contributed by atoms with Crippen molar-refractivity contribution in [3.8, 4) is 0 Å². The van der Waals surface area contributed by atoms with Crippen molar-refractivity contribution >= 4 is 0 Å². The fourth-order valence-electron chi connectivity index (χ4n) is 2.96. The molecule has 1 aliphatic rings. The Morgan fingerprint density at radius 3 is 2.72 bits per heavy atom. The molecule has 0 radical (unpaired) electrons. The minimum Gasteiger partial charge on any atom is -0.396 e. The quantitative estimate of drug-likeness (QED) is 0.814. The number of aromatic nitrogens is 1. The van der Waals surface area contributed by atoms with Gasteiger partial charge in [-0.2, -0.15) is 0 Å². The predicted molar refractivity (Wildman–Crippen MR) is 74.4 cm³/mol. The lowest BCUT2D eigenvalue weighted by Crippen LogP contribution is -2.38. The van der Waals surface area contributed by atoms with E-state index in [0.717, 1.165) is 19.6 Å². The molecule has 3 nitrogen and oxygen atoms in total. The molecule has 3 heteroatoms. The van der Waals surface area contributed by atoms with E-state index in [2.05, 4.69) is 35.3 Å². The molecule has 0 unspecified atom stereocenters. The van der Waals surface area contributed by atoms with E-state index in [1.165, 1.54) is 37.7 Å². The second-order valence-electron chi connectivity index (χ2n) is 5.67. The first-order valence-electron chi connectivity index (χ1n) is 7.24. The molecule has 0 amide bonds. The summed E-state index contributed by atoms with van der Waals surface area (Å²) in [5.41, 5.74) is 1.48. The van der Waals surface area contributed by atoms with Crippen molar-refractivity contribution in [2.45, 2.75) is 52.1 Å². The van der Waals surface area contributed by atoms with Crippen molar-refractivity contribution in [3.05, 3.63) is 24.0 Å². The van der Waals surface area contributed by atoms with Gasteiger partial charge in [-0.15, -0.1) is 0 Å². The Labute approximate surface area is 110 Å². The Morgan fingerprint density at radius 1 is 1.33 bits per heavy atom. The second kappa shape index (κ2) is 6.39. The summed E-state index contributed by atoms with van der Waals surface area (Å²) in [5, 5.41) is 13.2. The molecule has 1 aromatic rings. The van der Waals surface area contributed by atoms with E-state index in [1.54, 1.807) is 0 Å². The van der Waals surface area contributed by atoms with E-state index in [-0.39, 0.29) is 5.41 Å². The Bertz CT molecular complexity index is 353. The fourth-order valence-corrected chi connectivity index (χ4v) is 2.96. The molecule has 0 atom stereocenters. The molecule has 1 saturated carbocycles. The van der Waals surface area contributed by atoms with Gasteiger partial charge in [0.15, 0.2) is 0 Å². The summed E-state index contributed by atoms with van der Waals surface area (Å²) in [4.78, 5) is 0. The lowest BCUT2D eigenvalue weighted by molar-refractivity contribution is 0.0810. The fraction of sp³-hybridized carbons (Fsp3) is 0.733. The van der Waals surface area contributed by atoms with Gasteiger partial charge in [0.2, 0.25) is 0 Å². The number of hydrogen-bond acceptors (Lipinski definition) is 2. The summed E-state index contributed by atoms with van der Waals surface area (Å²) in [7, 11) is 0. The van der Waals surface area contributed by atoms with Crippen LogP contribution in [0.3, 0.4) is 0 Å². The van der Waals surface area contributed by atoms with Crippen LogP contribution in [0.4, 0.5) is 0 Å². The molecule has 0 spiro atoms. The molecule has 0 aromatic carbocycles. The molecule has 1 aromatic heterocycles. The van der Waals surface area contributed by atoms with Gasteiger partial charge in [0.1, 0.15) is 0 Å². The first-order valence-corrected chi connectivity index (χ1v) is 7.24. The Hall–Kier alpha value is -0.800. The lowest BCUT2D eigenvalue weighted by atomic mass is 9.74. The van der Waals surface area contributed by atoms with Gasteiger partial charge in [0.05, 0.1) is 0 Å². The van der Waals surface area contributed by atoms with Crippen LogP contribution in [0.5, 0.6) is 0 Å². The molecule has 2 N–H and O–H groups in total. The first kappa shape index (κ1) is 13.6. The number of aliphatic hydroxyl groups excluding tert-OH is 1. The second-order valence-corrected chi connectivity index (χ2v) is 5.67. The molecule has 102 valence electrons. The molecule has 1 heterocycles. The Morgan fingerprint density at radius 2 is 2.11 bits per heavy atom. The third-order valence-electron chi connectivity index (χ3n) is 4.26. The van der Waals surface area contributed by atoms with E-state index in [9.17, 15) is 5.11 Å². The number of aliphatic hydroxyl groups is 1. The summed E-state index contributed by atoms with van der Waals surface area (Å²) in [5.74, 6) is 0. The van der Waals surface area contributed by atoms with Gasteiger partial charge in [-0.25, -0.2) is 0 Å². The zero-order valence-electron chi connectivity index (χ0n) is 11.5. The predicted octanol–water partition coefficient (Wildman–Crippen LogP) is 2.54. The molecular formula is C15H26N2O. The summed E-state index contributed by atoms with van der Waals surface area (Å²) in [6, 6.07) is 2.17. The van der Waals surface area contributed by atoms with Crippen LogP contribution >= 0.6 is 0 Å². The lowest BCUT2D eigenvalue weighted by Gasteiger charge is -2.35. The van der Waals surface area contributed by atoms with Gasteiger partial charge in [0, 0.05) is 44.0 Å². The van der Waals surface area contributed by atoms with E-state index in [0.29, 0.717) is 6.61 Å². The normalized spacial score (nSPS) is 19.0. The third kappa shape index (κ3) is 3.36. The van der Waals surface area contributed by atoms with Gasteiger partial charge in [-0.1, -0.05) is 19.3 Å². The number of nitrogens with one attached hydrogen (secondary N) is 1. The summed E-state index contributed by atoms with van der Waals surface area (Å²) >= 11 is 0. The highest BCUT2D eigenvalue weighted by molar-refractivity contribution is 5.09. The molecule has 2 rings (SSSR count). The zero-order chi connectivity index (χ0) is 12.8. The maximum Gasteiger partial charge on any atom is 0.0499 e. The van der Waals surface area contributed by atoms with E-state index < -0.39 is 0 Å². The average Bonchev–Trinajstić information content (AvgIpc) is 2.88. The standard InChI is InChI=1S/C15H26N2O/c1-2-17-9-6-14(11-17)10-16-12-15(13-18)7-4-3-5-8-15/h6,9,11,16,18H,2-5,7-8,10,12-13H2,1H3. The minimum atomic E-state index is 0.144. The monoisotopic (exact) mass is 250 g/mol. The molecule has 18 heavy (non-hydrogen) atoms. The Balaban J connectivity index is 1.79. The molecule has 1 aliphatic carbocycles. The topological polar surface area (TPSA) is 37.2 Å². The van der Waals surface area contributed by atoms with E-state index in [4.69, 9.17) is 0 Å². The van der Waals surface area contributed by atoms with E-state index >= 15 is 0 Å². The van der Waals surface area contributed by atoms with Crippen molar-refractivity contribution in [2.24, 2.45) is 5.41 Å². The van der Waals surface area contributed by atoms with Crippen LogP contribution in [-0.2, 0) is 13.1 Å². The van der Waals surface area contributed by atoms with Crippen LogP contribution in [0.2, 0.25) is 0 Å². The highest BCUT2D eigenvalue weighted by Gasteiger charge is 2.30. The summed E-state index contributed by atoms with van der Waals surface area (Å²) in [6.07, 6.45) is 10.5. The van der Waals surface area contributed by atoms with Crippen molar-refractivity contribution in [2.75, 3.05) is 13.2 Å². The summed E-state index contributed by atoms with van der Waals surface area (Å²) in [6.45, 7) is 5.37. The van der Waals surface area contributed by atoms with Crippen molar-refractivity contribution < 1.29 is 5.11 Å². The van der Waals surface area contributed by atoms with Gasteiger partial charge < -0.3 is 15.0 Å². The van der Waals surface area contributed by atoms with Gasteiger partial charge >= 0.3 is 0 Å². The average molecular weight is 250 g/mol. The number of rotatable bonds is 6. The van der Waals surface area contributed by atoms with Crippen LogP contribution in [-0.4, -0.2) is 22.8 Å². The summed E-state index contributed by atoms with van der Waals surface area (Å²) < 4.78 is 2.19. The molecule has 0 bridgehead atoms. The third-order valence-corrected chi connectivity index (χ3v) is 4.26. The minimum absolute atomic E-state index is 0.144. The zero-order valence-corrected chi connectivity index (χ0v) is 11.5. The highest BCUT2D eigenvalue weighted by atomic mass is 16.3. The first-order chi connectivity index (χ1) is 8.78. The number of hydrogen-bond donors (Lipinski definition) is 2. The number of aryl methyl sites for hydroxylation is 1. The van der Waals surface area contributed by atoms with Gasteiger partial charge in [-0.3, -0.25) is 0 Å². The smallest absolute Gasteiger partial charge is 0.0499 e. The van der Waals surface area contributed by atoms with Crippen LogP contribution in [0.25, 0.3) is 0 Å². The molecule has 0 aliphatic heterocycles. The van der Waals surface area contributed by atoms with E-state index in [1.807, 2.05) is 0 Å². The van der Waals surface area contributed by atoms with Crippen LogP contribution in [0, 0.1) is 5.41 Å². The maximum atomic E-state index is 9.64. The highest BCUT2D eigenvalue weighted by Crippen LogP contribution is 2.35. The van der Waals surface area contributed by atoms with Crippen molar-refractivity contribution in [3.63, 3.8) is 0 Å². The SMILES string of the molecule is CCn1ccc(CNCC2(CO)CCCCC2)c1. The Kier molecular flexibility index (Phi) is 4.84. The van der Waals surface area contributed by atoms with Crippen LogP contribution < -0.4 is 5.32 Å². The number of nitrogens with zero attached hydrogens (tertiary/aromatic N) is 1. The molecular weight excluding hydrogens is 224 g/mol. The van der Waals surface area contributed by atoms with Gasteiger partial charge in [0.25, 0.3) is 0 Å². The molecule has 0 saturated heterocycles. The largest absolute Gasteiger partial charge is 0.396 e. The molecule has 1 fully saturated rings. The van der Waals surface area contributed by atoms with Crippen molar-refractivity contribution in [1.29, 1.82) is 0 Å². The van der Waals surface area contributed by atoms with Crippen molar-refractivity contribution in [1.82, 2.24) is 9.88 Å².